The number of benzene rings is 2. The normalized spacial score (nSPS) is 23.5. The number of imide groups is 2. The average Bonchev–Trinajstić information content (AvgIpc) is 3.98. The van der Waals surface area contributed by atoms with E-state index in [0.717, 1.165) is 129 Å². The molecule has 17 heteroatoms. The lowest BCUT2D eigenvalue weighted by atomic mass is 9.85. The Morgan fingerprint density at radius 1 is 0.833 bits per heavy atom. The van der Waals surface area contributed by atoms with Crippen LogP contribution >= 0.6 is 0 Å². The largest absolute Gasteiger partial charge is 0.496 e. The average molecular weight is 906 g/mol. The molecule has 3 aromatic rings. The van der Waals surface area contributed by atoms with E-state index in [1.54, 1.807) is 42.9 Å². The summed E-state index contributed by atoms with van der Waals surface area (Å²) in [5.74, 6) is -0.521. The molecule has 352 valence electrons. The Kier molecular flexibility index (Phi) is 12.7. The number of aryl methyl sites for hydroxylation is 1. The van der Waals surface area contributed by atoms with E-state index in [-0.39, 0.29) is 42.4 Å². The summed E-state index contributed by atoms with van der Waals surface area (Å²) in [5, 5.41) is 5.62. The molecule has 1 aliphatic carbocycles. The van der Waals surface area contributed by atoms with Gasteiger partial charge in [0, 0.05) is 88.3 Å². The summed E-state index contributed by atoms with van der Waals surface area (Å²) in [4.78, 5) is 90.3. The molecular formula is C49H63N9O8. The van der Waals surface area contributed by atoms with Gasteiger partial charge in [-0.05, 0) is 126 Å². The van der Waals surface area contributed by atoms with Gasteiger partial charge < -0.3 is 39.0 Å². The van der Waals surface area contributed by atoms with Gasteiger partial charge in [0.05, 0.1) is 37.5 Å². The molecule has 3 atom stereocenters. The number of likely N-dealkylation sites (tertiary alicyclic amines) is 1. The molecule has 4 fully saturated rings. The third-order valence-electron chi connectivity index (χ3n) is 14.9. The van der Waals surface area contributed by atoms with E-state index in [9.17, 15) is 28.8 Å². The molecule has 2 aromatic carbocycles. The van der Waals surface area contributed by atoms with Crippen LogP contribution in [0.2, 0.25) is 0 Å². The molecule has 17 nitrogen and oxygen atoms in total. The SMILES string of the molecule is COc1cc(-c2cn(C)c(=O)c3c2CCN(C(=O)NC2CCC4(CCN(CCCN5CCN(c6ccc7c(c6)C(=O)N(C6CCC(=O)NC6=O)C7=O)CC5)C4)C2)C3)cc(OC)c1CN(C)C. The second-order valence-electron chi connectivity index (χ2n) is 19.5. The van der Waals surface area contributed by atoms with Gasteiger partial charge in [0.1, 0.15) is 17.5 Å². The second-order valence-corrected chi connectivity index (χ2v) is 19.5. The number of pyridine rings is 1. The number of amides is 6. The van der Waals surface area contributed by atoms with Gasteiger partial charge in [-0.3, -0.25) is 39.1 Å². The van der Waals surface area contributed by atoms with E-state index in [0.29, 0.717) is 36.2 Å². The minimum atomic E-state index is -0.975. The van der Waals surface area contributed by atoms with Gasteiger partial charge in [-0.25, -0.2) is 4.79 Å². The maximum Gasteiger partial charge on any atom is 0.317 e. The molecule has 1 saturated carbocycles. The molecule has 3 saturated heterocycles. The highest BCUT2D eigenvalue weighted by atomic mass is 16.5. The molecule has 2 N–H and O–H groups in total. The Morgan fingerprint density at radius 2 is 1.56 bits per heavy atom. The number of aromatic nitrogens is 1. The predicted molar refractivity (Wildman–Crippen MR) is 248 cm³/mol. The zero-order valence-electron chi connectivity index (χ0n) is 39.0. The first-order valence-electron chi connectivity index (χ1n) is 23.5. The van der Waals surface area contributed by atoms with Crippen LogP contribution in [0.3, 0.4) is 0 Å². The molecular weight excluding hydrogens is 843 g/mol. The van der Waals surface area contributed by atoms with E-state index in [1.807, 2.05) is 38.5 Å². The number of piperidine rings is 1. The number of rotatable bonds is 12. The molecule has 6 aliphatic rings. The quantitative estimate of drug-likeness (QED) is 0.256. The summed E-state index contributed by atoms with van der Waals surface area (Å²) < 4.78 is 13.3. The predicted octanol–water partition coefficient (Wildman–Crippen LogP) is 3.06. The number of carbonyl (C=O) groups is 5. The van der Waals surface area contributed by atoms with E-state index >= 15 is 0 Å². The summed E-state index contributed by atoms with van der Waals surface area (Å²) in [5.41, 5.74) is 6.05. The number of anilines is 1. The molecule has 6 heterocycles. The number of methoxy groups -OCH3 is 2. The van der Waals surface area contributed by atoms with Crippen LogP contribution in [0.15, 0.2) is 41.3 Å². The number of hydrogen-bond acceptors (Lipinski definition) is 12. The number of nitrogens with one attached hydrogen (secondary N) is 2. The van der Waals surface area contributed by atoms with Crippen LogP contribution in [0, 0.1) is 5.41 Å². The van der Waals surface area contributed by atoms with Crippen LogP contribution in [0.25, 0.3) is 11.1 Å². The van der Waals surface area contributed by atoms with Crippen LogP contribution in [0.1, 0.15) is 82.4 Å². The van der Waals surface area contributed by atoms with Crippen LogP contribution in [0.5, 0.6) is 11.5 Å². The van der Waals surface area contributed by atoms with Crippen molar-refractivity contribution in [2.45, 2.75) is 76.5 Å². The Bertz CT molecular complexity index is 2470. The summed E-state index contributed by atoms with van der Waals surface area (Å²) in [6, 6.07) is 8.40. The van der Waals surface area contributed by atoms with Gasteiger partial charge >= 0.3 is 6.03 Å². The third-order valence-corrected chi connectivity index (χ3v) is 14.9. The fraction of sp³-hybridized carbons (Fsp3) is 0.551. The van der Waals surface area contributed by atoms with Gasteiger partial charge in [-0.1, -0.05) is 0 Å². The van der Waals surface area contributed by atoms with E-state index in [1.165, 1.54) is 0 Å². The van der Waals surface area contributed by atoms with Crippen LogP contribution in [-0.4, -0.2) is 158 Å². The summed E-state index contributed by atoms with van der Waals surface area (Å²) in [7, 11) is 9.09. The van der Waals surface area contributed by atoms with Crippen molar-refractivity contribution >= 4 is 35.3 Å². The van der Waals surface area contributed by atoms with Crippen molar-refractivity contribution in [1.82, 2.24) is 39.7 Å². The Labute approximate surface area is 385 Å². The lowest BCUT2D eigenvalue weighted by molar-refractivity contribution is -0.136. The van der Waals surface area contributed by atoms with Gasteiger partial charge in [0.15, 0.2) is 0 Å². The standard InChI is InChI=1S/C49H63N9O8/c1-52(2)27-39-41(65-4)23-31(24-42(39)66-5)37-28-53(3)45(61)38-29-57(17-12-34(37)38)48(64)50-32-11-13-49(26-32)14-18-55(30-49)16-6-15-54-19-21-56(22-20-54)33-7-8-35-36(25-33)47(63)58(46(35)62)40-9-10-43(59)51-44(40)60/h7-8,23-25,28,32,40H,6,9-22,26-27,29-30H2,1-5H3,(H,50,64)(H,51,59,60). The Hall–Kier alpha value is -5.78. The zero-order valence-corrected chi connectivity index (χ0v) is 39.0. The highest BCUT2D eigenvalue weighted by Gasteiger charge is 2.46. The monoisotopic (exact) mass is 905 g/mol. The number of piperazine rings is 1. The molecule has 0 radical (unpaired) electrons. The number of urea groups is 1. The number of nitrogens with zero attached hydrogens (tertiary/aromatic N) is 7. The number of hydrogen-bond donors (Lipinski definition) is 2. The molecule has 1 spiro atoms. The summed E-state index contributed by atoms with van der Waals surface area (Å²) >= 11 is 0. The summed E-state index contributed by atoms with van der Waals surface area (Å²) in [6.07, 6.45) is 7.93. The van der Waals surface area contributed by atoms with Crippen molar-refractivity contribution in [3.8, 4) is 22.6 Å². The number of ether oxygens (including phenoxy) is 2. The first-order valence-corrected chi connectivity index (χ1v) is 23.5. The van der Waals surface area contributed by atoms with Gasteiger partial charge in [0.25, 0.3) is 17.4 Å². The highest BCUT2D eigenvalue weighted by Crippen LogP contribution is 2.46. The minimum Gasteiger partial charge on any atom is -0.496 e. The van der Waals surface area contributed by atoms with Crippen LogP contribution < -0.4 is 30.6 Å². The zero-order chi connectivity index (χ0) is 46.4. The Morgan fingerprint density at radius 3 is 2.27 bits per heavy atom. The molecule has 5 aliphatic heterocycles. The smallest absolute Gasteiger partial charge is 0.317 e. The molecule has 6 amide bonds. The topological polar surface area (TPSA) is 169 Å². The van der Waals surface area contributed by atoms with Gasteiger partial charge in [0.2, 0.25) is 11.8 Å². The van der Waals surface area contributed by atoms with E-state index in [2.05, 4.69) is 30.2 Å². The first-order chi connectivity index (χ1) is 31.7. The molecule has 0 bridgehead atoms. The van der Waals surface area contributed by atoms with Crippen molar-refractivity contribution < 1.29 is 33.4 Å². The fourth-order valence-electron chi connectivity index (χ4n) is 11.4. The minimum absolute atomic E-state index is 0.0845. The van der Waals surface area contributed by atoms with Crippen molar-refractivity contribution in [2.24, 2.45) is 12.5 Å². The van der Waals surface area contributed by atoms with E-state index in [4.69, 9.17) is 9.47 Å². The van der Waals surface area contributed by atoms with Crippen LogP contribution in [0.4, 0.5) is 10.5 Å². The summed E-state index contributed by atoms with van der Waals surface area (Å²) in [6.45, 7) is 8.99. The Balaban J connectivity index is 0.735. The maximum absolute atomic E-state index is 13.8. The van der Waals surface area contributed by atoms with Crippen molar-refractivity contribution in [2.75, 3.05) is 92.1 Å². The highest BCUT2D eigenvalue weighted by molar-refractivity contribution is 6.23. The molecule has 66 heavy (non-hydrogen) atoms. The van der Waals surface area contributed by atoms with Crippen molar-refractivity contribution in [1.29, 1.82) is 0 Å². The maximum atomic E-state index is 13.8. The molecule has 1 aromatic heterocycles. The lowest BCUT2D eigenvalue weighted by Gasteiger charge is -2.36. The number of carbonyl (C=O) groups excluding carboxylic acids is 5. The molecule has 9 rings (SSSR count). The van der Waals surface area contributed by atoms with Crippen molar-refractivity contribution in [3.05, 3.63) is 74.7 Å². The van der Waals surface area contributed by atoms with Crippen molar-refractivity contribution in [3.63, 3.8) is 0 Å². The third kappa shape index (κ3) is 8.79. The number of fused-ring (bicyclic) bond motifs is 2. The first kappa shape index (κ1) is 45.4. The van der Waals surface area contributed by atoms with Gasteiger partial charge in [-0.15, -0.1) is 0 Å². The fourth-order valence-corrected chi connectivity index (χ4v) is 11.4. The molecule has 3 unspecified atom stereocenters. The second kappa shape index (κ2) is 18.5. The van der Waals surface area contributed by atoms with Crippen LogP contribution in [-0.2, 0) is 36.1 Å². The van der Waals surface area contributed by atoms with Gasteiger partial charge in [-0.2, -0.15) is 0 Å². The van der Waals surface area contributed by atoms with E-state index < -0.39 is 29.7 Å². The lowest BCUT2D eigenvalue weighted by Crippen LogP contribution is -2.54.